The highest BCUT2D eigenvalue weighted by molar-refractivity contribution is 7.93. The van der Waals surface area contributed by atoms with E-state index in [0.717, 1.165) is 17.1 Å². The number of hydrogen-bond donors (Lipinski definition) is 2. The van der Waals surface area contributed by atoms with Gasteiger partial charge in [-0.3, -0.25) is 9.10 Å². The van der Waals surface area contributed by atoms with Gasteiger partial charge in [-0.2, -0.15) is 0 Å². The van der Waals surface area contributed by atoms with E-state index < -0.39 is 21.8 Å². The Bertz CT molecular complexity index is 730. The quantitative estimate of drug-likeness (QED) is 0.865. The van der Waals surface area contributed by atoms with Crippen LogP contribution in [-0.4, -0.2) is 37.8 Å². The van der Waals surface area contributed by atoms with E-state index in [9.17, 15) is 17.6 Å². The first-order chi connectivity index (χ1) is 11.4. The molecule has 1 aromatic rings. The van der Waals surface area contributed by atoms with Crippen LogP contribution >= 0.6 is 0 Å². The van der Waals surface area contributed by atoms with Gasteiger partial charge in [-0.1, -0.05) is 0 Å². The van der Waals surface area contributed by atoms with Gasteiger partial charge < -0.3 is 10.4 Å². The van der Waals surface area contributed by atoms with Crippen molar-refractivity contribution in [3.05, 3.63) is 24.0 Å². The number of sulfonamides is 1. The Balaban J connectivity index is 1.72. The maximum absolute atomic E-state index is 14.1. The van der Waals surface area contributed by atoms with E-state index in [1.807, 2.05) is 0 Å². The van der Waals surface area contributed by atoms with Crippen molar-refractivity contribution in [2.75, 3.05) is 21.9 Å². The molecular formula is C16H21FN2O4S. The van der Waals surface area contributed by atoms with Crippen molar-refractivity contribution >= 4 is 27.4 Å². The van der Waals surface area contributed by atoms with Gasteiger partial charge in [-0.25, -0.2) is 12.8 Å². The van der Waals surface area contributed by atoms with E-state index in [1.165, 1.54) is 12.1 Å². The van der Waals surface area contributed by atoms with E-state index in [1.54, 1.807) is 6.07 Å². The van der Waals surface area contributed by atoms with Crippen LogP contribution in [-0.2, 0) is 14.8 Å². The van der Waals surface area contributed by atoms with Crippen molar-refractivity contribution in [3.63, 3.8) is 0 Å². The Labute approximate surface area is 140 Å². The lowest BCUT2D eigenvalue weighted by atomic mass is 9.86. The summed E-state index contributed by atoms with van der Waals surface area (Å²) in [5.41, 5.74) is 0.740. The van der Waals surface area contributed by atoms with Gasteiger partial charge in [0.15, 0.2) is 0 Å². The largest absolute Gasteiger partial charge is 0.481 e. The third-order valence-corrected chi connectivity index (χ3v) is 6.62. The average molecular weight is 356 g/mol. The number of anilines is 2. The molecule has 8 heteroatoms. The Morgan fingerprint density at radius 1 is 1.25 bits per heavy atom. The smallest absolute Gasteiger partial charge is 0.306 e. The Morgan fingerprint density at radius 2 is 1.96 bits per heavy atom. The summed E-state index contributed by atoms with van der Waals surface area (Å²) in [5.74, 6) is -1.55. The number of carboxylic acids is 1. The average Bonchev–Trinajstić information content (AvgIpc) is 2.89. The fraction of sp³-hybridized carbons (Fsp3) is 0.562. The van der Waals surface area contributed by atoms with Crippen molar-refractivity contribution in [2.24, 2.45) is 5.92 Å². The van der Waals surface area contributed by atoms with Crippen LogP contribution in [0.5, 0.6) is 0 Å². The second-order valence-electron chi connectivity index (χ2n) is 6.44. The number of benzene rings is 1. The number of nitrogens with zero attached hydrogens (tertiary/aromatic N) is 1. The molecule has 1 heterocycles. The fourth-order valence-corrected chi connectivity index (χ4v) is 4.99. The first-order valence-electron chi connectivity index (χ1n) is 8.16. The highest BCUT2D eigenvalue weighted by Gasteiger charge is 2.31. The van der Waals surface area contributed by atoms with Crippen molar-refractivity contribution in [3.8, 4) is 0 Å². The zero-order chi connectivity index (χ0) is 17.3. The van der Waals surface area contributed by atoms with Crippen LogP contribution in [0.2, 0.25) is 0 Å². The van der Waals surface area contributed by atoms with Crippen LogP contribution in [0, 0.1) is 11.7 Å². The maximum atomic E-state index is 14.1. The molecule has 2 aliphatic rings. The Morgan fingerprint density at radius 3 is 2.54 bits per heavy atom. The predicted molar refractivity (Wildman–Crippen MR) is 89.2 cm³/mol. The summed E-state index contributed by atoms with van der Waals surface area (Å²) >= 11 is 0. The van der Waals surface area contributed by atoms with Crippen molar-refractivity contribution in [1.29, 1.82) is 0 Å². The van der Waals surface area contributed by atoms with Gasteiger partial charge in [0.2, 0.25) is 10.0 Å². The molecule has 1 aromatic carbocycles. The van der Waals surface area contributed by atoms with Crippen LogP contribution in [0.1, 0.15) is 32.1 Å². The lowest BCUT2D eigenvalue weighted by Gasteiger charge is -2.28. The van der Waals surface area contributed by atoms with Gasteiger partial charge >= 0.3 is 5.97 Å². The summed E-state index contributed by atoms with van der Waals surface area (Å²) < 4.78 is 39.2. The van der Waals surface area contributed by atoms with Gasteiger partial charge in [0, 0.05) is 18.3 Å². The lowest BCUT2D eigenvalue weighted by molar-refractivity contribution is -0.142. The van der Waals surface area contributed by atoms with E-state index in [2.05, 4.69) is 5.32 Å². The fourth-order valence-electron chi connectivity index (χ4n) is 3.42. The van der Waals surface area contributed by atoms with Crippen LogP contribution in [0.15, 0.2) is 18.2 Å². The minimum atomic E-state index is -3.43. The maximum Gasteiger partial charge on any atom is 0.306 e. The number of nitrogens with one attached hydrogen (secondary N) is 1. The molecular weight excluding hydrogens is 335 g/mol. The Hall–Kier alpha value is -1.83. The molecule has 0 atom stereocenters. The molecule has 0 bridgehead atoms. The van der Waals surface area contributed by atoms with Gasteiger partial charge in [0.25, 0.3) is 0 Å². The molecule has 24 heavy (non-hydrogen) atoms. The molecule has 6 nitrogen and oxygen atoms in total. The van der Waals surface area contributed by atoms with Gasteiger partial charge in [0.1, 0.15) is 5.82 Å². The summed E-state index contributed by atoms with van der Waals surface area (Å²) in [6, 6.07) is 4.51. The minimum Gasteiger partial charge on any atom is -0.481 e. The van der Waals surface area contributed by atoms with E-state index in [4.69, 9.17) is 5.11 Å². The molecule has 2 fully saturated rings. The summed E-state index contributed by atoms with van der Waals surface area (Å²) in [7, 11) is -3.43. The second kappa shape index (κ2) is 6.58. The van der Waals surface area contributed by atoms with Gasteiger partial charge in [-0.05, 0) is 50.3 Å². The molecule has 0 amide bonds. The summed E-state index contributed by atoms with van der Waals surface area (Å²) in [4.78, 5) is 11.0. The molecule has 1 aliphatic heterocycles. The molecule has 1 aliphatic carbocycles. The number of halogens is 1. The molecule has 0 spiro atoms. The summed E-state index contributed by atoms with van der Waals surface area (Å²) in [6.07, 6.45) is 3.18. The number of carboxylic acid groups (broad SMARTS) is 1. The molecule has 3 rings (SSSR count). The normalized spacial score (nSPS) is 26.3. The van der Waals surface area contributed by atoms with E-state index >= 15 is 0 Å². The van der Waals surface area contributed by atoms with E-state index in [-0.39, 0.29) is 23.4 Å². The first-order valence-corrected chi connectivity index (χ1v) is 9.77. The molecule has 1 saturated carbocycles. The third kappa shape index (κ3) is 3.48. The first kappa shape index (κ1) is 17.0. The standard InChI is InChI=1S/C16H21FN2O4S/c17-14-7-6-13(10-15(14)19-8-1-9-24(19,22)23)18-12-4-2-11(3-5-12)16(20)21/h6-7,10-12,18H,1-5,8-9H2,(H,20,21). The van der Waals surface area contributed by atoms with Crippen molar-refractivity contribution in [2.45, 2.75) is 38.1 Å². The van der Waals surface area contributed by atoms with Crippen molar-refractivity contribution in [1.82, 2.24) is 0 Å². The number of hydrogen-bond acceptors (Lipinski definition) is 4. The molecule has 0 aromatic heterocycles. The molecule has 0 unspecified atom stereocenters. The van der Waals surface area contributed by atoms with Crippen LogP contribution in [0.4, 0.5) is 15.8 Å². The van der Waals surface area contributed by atoms with Gasteiger partial charge in [0.05, 0.1) is 17.4 Å². The molecule has 2 N–H and O–H groups in total. The number of carbonyl (C=O) groups is 1. The zero-order valence-corrected chi connectivity index (χ0v) is 14.1. The highest BCUT2D eigenvalue weighted by atomic mass is 32.2. The lowest BCUT2D eigenvalue weighted by Crippen LogP contribution is -2.29. The molecule has 1 saturated heterocycles. The van der Waals surface area contributed by atoms with Crippen LogP contribution < -0.4 is 9.62 Å². The van der Waals surface area contributed by atoms with Crippen LogP contribution in [0.3, 0.4) is 0 Å². The minimum absolute atomic E-state index is 0.0449. The second-order valence-corrected chi connectivity index (χ2v) is 8.45. The monoisotopic (exact) mass is 356 g/mol. The van der Waals surface area contributed by atoms with E-state index in [0.29, 0.717) is 31.5 Å². The predicted octanol–water partition coefficient (Wildman–Crippen LogP) is 2.42. The van der Waals surface area contributed by atoms with Crippen LogP contribution in [0.25, 0.3) is 0 Å². The van der Waals surface area contributed by atoms with Gasteiger partial charge in [-0.15, -0.1) is 0 Å². The summed E-state index contributed by atoms with van der Waals surface area (Å²) in [5, 5.41) is 12.3. The Kier molecular flexibility index (Phi) is 4.67. The highest BCUT2D eigenvalue weighted by Crippen LogP contribution is 2.31. The third-order valence-electron chi connectivity index (χ3n) is 4.76. The zero-order valence-electron chi connectivity index (χ0n) is 13.2. The molecule has 0 radical (unpaired) electrons. The topological polar surface area (TPSA) is 86.7 Å². The molecule has 132 valence electrons. The van der Waals surface area contributed by atoms with Crippen molar-refractivity contribution < 1.29 is 22.7 Å². The SMILES string of the molecule is O=C(O)C1CCC(Nc2ccc(F)c(N3CCCS3(=O)=O)c2)CC1. The number of rotatable bonds is 4. The summed E-state index contributed by atoms with van der Waals surface area (Å²) in [6.45, 7) is 0.298. The number of aliphatic carboxylic acids is 1.